The molecule has 1 aromatic heterocycles. The Morgan fingerprint density at radius 3 is 2.64 bits per heavy atom. The van der Waals surface area contributed by atoms with E-state index < -0.39 is 0 Å². The number of hydrogen-bond acceptors (Lipinski definition) is 4. The van der Waals surface area contributed by atoms with Crippen LogP contribution in [0.15, 0.2) is 18.5 Å². The molecule has 4 heteroatoms. The van der Waals surface area contributed by atoms with Crippen molar-refractivity contribution in [2.45, 2.75) is 18.9 Å². The van der Waals surface area contributed by atoms with Crippen molar-refractivity contribution in [3.8, 4) is 0 Å². The third-order valence-corrected chi connectivity index (χ3v) is 2.77. The van der Waals surface area contributed by atoms with Crippen LogP contribution in [0.4, 0.5) is 5.95 Å². The van der Waals surface area contributed by atoms with Crippen LogP contribution in [0.5, 0.6) is 0 Å². The van der Waals surface area contributed by atoms with Crippen LogP contribution in [0.3, 0.4) is 0 Å². The van der Waals surface area contributed by atoms with Crippen molar-refractivity contribution in [1.82, 2.24) is 9.97 Å². The van der Waals surface area contributed by atoms with Gasteiger partial charge in [-0.25, -0.2) is 9.97 Å². The Morgan fingerprint density at radius 1 is 1.50 bits per heavy atom. The van der Waals surface area contributed by atoms with Crippen molar-refractivity contribution in [3.05, 3.63) is 18.5 Å². The SMILES string of the molecule is CN(c1ncccn1)C(CN)C1CC1. The molecule has 14 heavy (non-hydrogen) atoms. The highest BCUT2D eigenvalue weighted by molar-refractivity contribution is 5.30. The van der Waals surface area contributed by atoms with E-state index in [4.69, 9.17) is 5.73 Å². The first-order chi connectivity index (χ1) is 6.83. The standard InChI is InChI=1S/C10H16N4/c1-14(9(7-11)8-3-4-8)10-12-5-2-6-13-10/h2,5-6,8-9H,3-4,7,11H2,1H3. The van der Waals surface area contributed by atoms with Gasteiger partial charge < -0.3 is 10.6 Å². The second kappa shape index (κ2) is 3.92. The predicted molar refractivity (Wildman–Crippen MR) is 56.0 cm³/mol. The Balaban J connectivity index is 2.09. The summed E-state index contributed by atoms with van der Waals surface area (Å²) >= 11 is 0. The van der Waals surface area contributed by atoms with Crippen molar-refractivity contribution >= 4 is 5.95 Å². The van der Waals surface area contributed by atoms with Gasteiger partial charge in [-0.05, 0) is 24.8 Å². The molecule has 1 aliphatic rings. The van der Waals surface area contributed by atoms with Crippen molar-refractivity contribution < 1.29 is 0 Å². The maximum Gasteiger partial charge on any atom is 0.225 e. The Kier molecular flexibility index (Phi) is 2.63. The molecule has 1 aromatic rings. The molecule has 1 saturated carbocycles. The van der Waals surface area contributed by atoms with Gasteiger partial charge in [0.25, 0.3) is 0 Å². The first kappa shape index (κ1) is 9.40. The molecule has 76 valence electrons. The molecule has 0 saturated heterocycles. The predicted octanol–water partition coefficient (Wildman–Crippen LogP) is 0.650. The Morgan fingerprint density at radius 2 is 2.14 bits per heavy atom. The molecule has 2 rings (SSSR count). The van der Waals surface area contributed by atoms with Crippen LogP contribution in [-0.4, -0.2) is 29.6 Å². The van der Waals surface area contributed by atoms with Gasteiger partial charge >= 0.3 is 0 Å². The zero-order valence-corrected chi connectivity index (χ0v) is 8.43. The van der Waals surface area contributed by atoms with Crippen molar-refractivity contribution in [3.63, 3.8) is 0 Å². The van der Waals surface area contributed by atoms with E-state index in [-0.39, 0.29) is 0 Å². The van der Waals surface area contributed by atoms with Crippen molar-refractivity contribution in [2.24, 2.45) is 11.7 Å². The lowest BCUT2D eigenvalue weighted by Crippen LogP contribution is -2.40. The number of nitrogens with zero attached hydrogens (tertiary/aromatic N) is 3. The number of anilines is 1. The summed E-state index contributed by atoms with van der Waals surface area (Å²) < 4.78 is 0. The topological polar surface area (TPSA) is 55.0 Å². The summed E-state index contributed by atoms with van der Waals surface area (Å²) in [5.74, 6) is 1.52. The highest BCUT2D eigenvalue weighted by Crippen LogP contribution is 2.35. The fraction of sp³-hybridized carbons (Fsp3) is 0.600. The average Bonchev–Trinajstić information content (AvgIpc) is 3.04. The fourth-order valence-electron chi connectivity index (χ4n) is 1.77. The Labute approximate surface area is 84.2 Å². The molecule has 0 amide bonds. The number of likely N-dealkylation sites (N-methyl/N-ethyl adjacent to an activating group) is 1. The lowest BCUT2D eigenvalue weighted by molar-refractivity contribution is 0.561. The quantitative estimate of drug-likeness (QED) is 0.761. The highest BCUT2D eigenvalue weighted by Gasteiger charge is 2.33. The van der Waals surface area contributed by atoms with E-state index in [1.54, 1.807) is 12.4 Å². The van der Waals surface area contributed by atoms with Crippen molar-refractivity contribution in [2.75, 3.05) is 18.5 Å². The van der Waals surface area contributed by atoms with E-state index in [0.717, 1.165) is 11.9 Å². The van der Waals surface area contributed by atoms with Crippen molar-refractivity contribution in [1.29, 1.82) is 0 Å². The first-order valence-electron chi connectivity index (χ1n) is 5.03. The largest absolute Gasteiger partial charge is 0.339 e. The summed E-state index contributed by atoms with van der Waals surface area (Å²) in [7, 11) is 2.02. The molecule has 0 radical (unpaired) electrons. The smallest absolute Gasteiger partial charge is 0.225 e. The number of rotatable bonds is 4. The van der Waals surface area contributed by atoms with Gasteiger partial charge in [-0.2, -0.15) is 0 Å². The molecule has 1 unspecified atom stereocenters. The summed E-state index contributed by atoms with van der Waals surface area (Å²) in [6, 6.07) is 2.23. The van der Waals surface area contributed by atoms with Crippen LogP contribution in [-0.2, 0) is 0 Å². The van der Waals surface area contributed by atoms with Crippen LogP contribution < -0.4 is 10.6 Å². The number of aromatic nitrogens is 2. The molecule has 1 heterocycles. The Bertz CT molecular complexity index is 283. The third-order valence-electron chi connectivity index (χ3n) is 2.77. The molecule has 4 nitrogen and oxygen atoms in total. The zero-order valence-electron chi connectivity index (χ0n) is 8.43. The van der Waals surface area contributed by atoms with Crippen LogP contribution in [0.1, 0.15) is 12.8 Å². The summed E-state index contributed by atoms with van der Waals surface area (Å²) in [6.45, 7) is 0.680. The Hall–Kier alpha value is -1.16. The summed E-state index contributed by atoms with van der Waals surface area (Å²) in [5.41, 5.74) is 5.75. The van der Waals surface area contributed by atoms with Gasteiger partial charge in [0.05, 0.1) is 0 Å². The third kappa shape index (κ3) is 1.85. The maximum atomic E-state index is 5.75. The van der Waals surface area contributed by atoms with Crippen LogP contribution in [0.25, 0.3) is 0 Å². The highest BCUT2D eigenvalue weighted by atomic mass is 15.3. The van der Waals surface area contributed by atoms with Gasteiger partial charge in [0.2, 0.25) is 5.95 Å². The van der Waals surface area contributed by atoms with Gasteiger partial charge in [0.15, 0.2) is 0 Å². The lowest BCUT2D eigenvalue weighted by Gasteiger charge is -2.26. The van der Waals surface area contributed by atoms with E-state index >= 15 is 0 Å². The molecular formula is C10H16N4. The minimum absolute atomic E-state index is 0.400. The molecule has 0 aliphatic heterocycles. The molecule has 0 bridgehead atoms. The molecule has 1 aliphatic carbocycles. The monoisotopic (exact) mass is 192 g/mol. The van der Waals surface area contributed by atoms with E-state index in [0.29, 0.717) is 12.6 Å². The molecule has 1 atom stereocenters. The summed E-state index contributed by atoms with van der Waals surface area (Å²) in [6.07, 6.45) is 6.11. The molecule has 0 spiro atoms. The normalized spacial score (nSPS) is 17.9. The van der Waals surface area contributed by atoms with Gasteiger partial charge in [-0.15, -0.1) is 0 Å². The molecular weight excluding hydrogens is 176 g/mol. The second-order valence-electron chi connectivity index (χ2n) is 3.80. The fourth-order valence-corrected chi connectivity index (χ4v) is 1.77. The van der Waals surface area contributed by atoms with Gasteiger partial charge in [-0.1, -0.05) is 0 Å². The minimum atomic E-state index is 0.400. The minimum Gasteiger partial charge on any atom is -0.339 e. The summed E-state index contributed by atoms with van der Waals surface area (Å²) in [5, 5.41) is 0. The summed E-state index contributed by atoms with van der Waals surface area (Å²) in [4.78, 5) is 10.5. The first-order valence-corrected chi connectivity index (χ1v) is 5.03. The molecule has 1 fully saturated rings. The van der Waals surface area contributed by atoms with E-state index in [9.17, 15) is 0 Å². The average molecular weight is 192 g/mol. The number of nitrogens with two attached hydrogens (primary N) is 1. The van der Waals surface area contributed by atoms with Gasteiger partial charge in [0.1, 0.15) is 0 Å². The van der Waals surface area contributed by atoms with Crippen LogP contribution >= 0.6 is 0 Å². The van der Waals surface area contributed by atoms with Gasteiger partial charge in [0, 0.05) is 32.0 Å². The van der Waals surface area contributed by atoms with Crippen LogP contribution in [0.2, 0.25) is 0 Å². The molecule has 0 aromatic carbocycles. The second-order valence-corrected chi connectivity index (χ2v) is 3.80. The maximum absolute atomic E-state index is 5.75. The number of hydrogen-bond donors (Lipinski definition) is 1. The van der Waals surface area contributed by atoms with E-state index in [1.165, 1.54) is 12.8 Å². The van der Waals surface area contributed by atoms with Crippen LogP contribution in [0, 0.1) is 5.92 Å². The lowest BCUT2D eigenvalue weighted by atomic mass is 10.1. The zero-order chi connectivity index (χ0) is 9.97. The van der Waals surface area contributed by atoms with E-state index in [1.807, 2.05) is 13.1 Å². The van der Waals surface area contributed by atoms with Gasteiger partial charge in [-0.3, -0.25) is 0 Å². The molecule has 2 N–H and O–H groups in total. The van der Waals surface area contributed by atoms with E-state index in [2.05, 4.69) is 14.9 Å².